The summed E-state index contributed by atoms with van der Waals surface area (Å²) in [5.41, 5.74) is 5.82. The fourth-order valence-electron chi connectivity index (χ4n) is 5.52. The highest BCUT2D eigenvalue weighted by molar-refractivity contribution is 6.25. The summed E-state index contributed by atoms with van der Waals surface area (Å²) in [4.78, 5) is 10.2. The minimum absolute atomic E-state index is 0.381. The smallest absolute Gasteiger partial charge is 0.211 e. The van der Waals surface area contributed by atoms with Crippen LogP contribution in [0.3, 0.4) is 0 Å². The maximum absolute atomic E-state index is 6.52. The number of nitrogens with zero attached hydrogens (tertiary/aromatic N) is 3. The minimum atomic E-state index is -0.381. The Morgan fingerprint density at radius 1 is 0.605 bits per heavy atom. The highest BCUT2D eigenvalue weighted by Gasteiger charge is 2.25. The zero-order chi connectivity index (χ0) is 25.1. The molecule has 0 aliphatic carbocycles. The van der Waals surface area contributed by atoms with Gasteiger partial charge in [-0.1, -0.05) is 103 Å². The first-order valence-corrected chi connectivity index (χ1v) is 12.7. The molecule has 5 aromatic carbocycles. The van der Waals surface area contributed by atoms with E-state index in [-0.39, 0.29) is 6.17 Å². The van der Waals surface area contributed by atoms with Crippen LogP contribution < -0.4 is 5.32 Å². The van der Waals surface area contributed by atoms with Gasteiger partial charge in [0.25, 0.3) is 0 Å². The molecule has 0 amide bonds. The Kier molecular flexibility index (Phi) is 4.52. The maximum Gasteiger partial charge on any atom is 0.211 e. The normalized spacial score (nSPS) is 15.6. The topological polar surface area (TPSA) is 54.8 Å². The third-order valence-corrected chi connectivity index (χ3v) is 7.26. The van der Waals surface area contributed by atoms with Crippen LogP contribution in [-0.4, -0.2) is 16.4 Å². The van der Waals surface area contributed by atoms with Crippen LogP contribution in [-0.2, 0) is 0 Å². The Morgan fingerprint density at radius 3 is 2.13 bits per heavy atom. The molecule has 38 heavy (non-hydrogen) atoms. The number of hydrogen-bond donors (Lipinski definition) is 1. The molecule has 0 bridgehead atoms. The van der Waals surface area contributed by atoms with E-state index < -0.39 is 0 Å². The lowest BCUT2D eigenvalue weighted by Gasteiger charge is -2.23. The largest absolute Gasteiger partial charge is 0.454 e. The summed E-state index contributed by atoms with van der Waals surface area (Å²) >= 11 is 0. The van der Waals surface area contributed by atoms with Crippen LogP contribution in [0.4, 0.5) is 0 Å². The number of benzene rings is 5. The Balaban J connectivity index is 1.45. The lowest BCUT2D eigenvalue weighted by Crippen LogP contribution is -2.39. The Morgan fingerprint density at radius 2 is 1.29 bits per heavy atom. The van der Waals surface area contributed by atoms with Gasteiger partial charge < -0.3 is 9.73 Å². The second-order valence-electron chi connectivity index (χ2n) is 9.49. The molecule has 0 saturated heterocycles. The van der Waals surface area contributed by atoms with Crippen LogP contribution in [0.5, 0.6) is 0 Å². The molecule has 1 aliphatic heterocycles. The van der Waals surface area contributed by atoms with Gasteiger partial charge in [0, 0.05) is 27.1 Å². The number of aromatic nitrogens is 1. The number of fused-ring (bicyclic) bond motifs is 7. The van der Waals surface area contributed by atoms with E-state index in [1.807, 2.05) is 48.5 Å². The van der Waals surface area contributed by atoms with E-state index in [1.165, 1.54) is 0 Å². The van der Waals surface area contributed by atoms with Gasteiger partial charge in [0.15, 0.2) is 11.7 Å². The minimum Gasteiger partial charge on any atom is -0.454 e. The Hall–Kier alpha value is -5.16. The predicted octanol–water partition coefficient (Wildman–Crippen LogP) is 7.65. The monoisotopic (exact) mass is 490 g/mol. The van der Waals surface area contributed by atoms with Crippen LogP contribution in [0.2, 0.25) is 0 Å². The third-order valence-electron chi connectivity index (χ3n) is 7.26. The van der Waals surface area contributed by atoms with Gasteiger partial charge in [-0.3, -0.25) is 4.57 Å². The Labute approximate surface area is 218 Å². The molecule has 1 N–H and O–H groups in total. The van der Waals surface area contributed by atoms with Crippen molar-refractivity contribution in [3.63, 3.8) is 0 Å². The molecule has 5 nitrogen and oxygen atoms in total. The van der Waals surface area contributed by atoms with Crippen molar-refractivity contribution >= 4 is 55.5 Å². The zero-order valence-corrected chi connectivity index (χ0v) is 20.4. The van der Waals surface area contributed by atoms with E-state index in [2.05, 4.69) is 82.7 Å². The molecule has 7 aromatic rings. The first-order chi connectivity index (χ1) is 18.8. The van der Waals surface area contributed by atoms with Gasteiger partial charge >= 0.3 is 0 Å². The SMILES string of the molecule is c1ccc(C2=NC(c3ccccc3)N=C(n3c4ccccc4c4ccc5c6ccccc6oc5c43)N2)cc1. The van der Waals surface area contributed by atoms with Crippen molar-refractivity contribution in [3.8, 4) is 0 Å². The second-order valence-corrected chi connectivity index (χ2v) is 9.49. The first kappa shape index (κ1) is 21.0. The average molecular weight is 491 g/mol. The van der Waals surface area contributed by atoms with Gasteiger partial charge in [-0.05, 0) is 23.8 Å². The summed E-state index contributed by atoms with van der Waals surface area (Å²) < 4.78 is 8.71. The third kappa shape index (κ3) is 3.12. The summed E-state index contributed by atoms with van der Waals surface area (Å²) in [7, 11) is 0. The van der Waals surface area contributed by atoms with Crippen LogP contribution in [0.25, 0.3) is 43.7 Å². The van der Waals surface area contributed by atoms with Gasteiger partial charge in [0.05, 0.1) is 5.52 Å². The fourth-order valence-corrected chi connectivity index (χ4v) is 5.52. The van der Waals surface area contributed by atoms with Gasteiger partial charge in [-0.2, -0.15) is 0 Å². The van der Waals surface area contributed by atoms with E-state index in [1.54, 1.807) is 0 Å². The molecule has 5 heteroatoms. The maximum atomic E-state index is 6.52. The number of para-hydroxylation sites is 2. The number of rotatable bonds is 2. The van der Waals surface area contributed by atoms with Gasteiger partial charge in [0.1, 0.15) is 16.9 Å². The summed E-state index contributed by atoms with van der Waals surface area (Å²) in [5, 5.41) is 8.04. The van der Waals surface area contributed by atoms with Crippen LogP contribution in [0.1, 0.15) is 17.3 Å². The Bertz CT molecular complexity index is 2050. The standard InChI is InChI=1S/C33H22N4O/c1-3-11-21(12-4-1)31-34-32(22-13-5-2-6-14-22)36-33(35-31)37-27-17-9-7-15-23(27)25-19-20-26-24-16-8-10-18-28(24)38-30(26)29(25)37/h1-20,31H,(H,34,35,36). The second kappa shape index (κ2) is 8.18. The van der Waals surface area contributed by atoms with Crippen molar-refractivity contribution in [1.29, 1.82) is 0 Å². The van der Waals surface area contributed by atoms with Crippen LogP contribution >= 0.6 is 0 Å². The number of amidine groups is 1. The number of furan rings is 1. The number of nitrogens with one attached hydrogen (secondary N) is 1. The quantitative estimate of drug-likeness (QED) is 0.271. The lowest BCUT2D eigenvalue weighted by molar-refractivity contribution is 0.671. The van der Waals surface area contributed by atoms with Crippen molar-refractivity contribution < 1.29 is 4.42 Å². The molecular formula is C33H22N4O. The van der Waals surface area contributed by atoms with Crippen molar-refractivity contribution in [3.05, 3.63) is 132 Å². The first-order valence-electron chi connectivity index (χ1n) is 12.7. The van der Waals surface area contributed by atoms with E-state index in [0.29, 0.717) is 5.96 Å². The zero-order valence-electron chi connectivity index (χ0n) is 20.4. The van der Waals surface area contributed by atoms with E-state index >= 15 is 0 Å². The molecule has 0 spiro atoms. The van der Waals surface area contributed by atoms with Gasteiger partial charge in [-0.15, -0.1) is 0 Å². The van der Waals surface area contributed by atoms with E-state index in [9.17, 15) is 0 Å². The highest BCUT2D eigenvalue weighted by Crippen LogP contribution is 2.39. The van der Waals surface area contributed by atoms with Crippen molar-refractivity contribution in [2.24, 2.45) is 9.98 Å². The number of aliphatic imine (C=N–C) groups is 2. The van der Waals surface area contributed by atoms with Crippen molar-refractivity contribution in [2.45, 2.75) is 6.17 Å². The van der Waals surface area contributed by atoms with E-state index in [0.717, 1.165) is 60.7 Å². The summed E-state index contributed by atoms with van der Waals surface area (Å²) in [6.45, 7) is 0. The molecule has 1 aliphatic rings. The molecule has 180 valence electrons. The van der Waals surface area contributed by atoms with Crippen LogP contribution in [0, 0.1) is 0 Å². The molecule has 0 saturated carbocycles. The van der Waals surface area contributed by atoms with Crippen molar-refractivity contribution in [1.82, 2.24) is 9.88 Å². The van der Waals surface area contributed by atoms with Gasteiger partial charge in [0.2, 0.25) is 5.96 Å². The average Bonchev–Trinajstić information content (AvgIpc) is 3.54. The van der Waals surface area contributed by atoms with Crippen LogP contribution in [0.15, 0.2) is 136 Å². The molecule has 1 unspecified atom stereocenters. The highest BCUT2D eigenvalue weighted by atomic mass is 16.3. The predicted molar refractivity (Wildman–Crippen MR) is 155 cm³/mol. The van der Waals surface area contributed by atoms with E-state index in [4.69, 9.17) is 14.4 Å². The fraction of sp³-hybridized carbons (Fsp3) is 0.0303. The van der Waals surface area contributed by atoms with Gasteiger partial charge in [-0.25, -0.2) is 9.98 Å². The molecule has 0 radical (unpaired) electrons. The lowest BCUT2D eigenvalue weighted by atomic mass is 10.1. The molecular weight excluding hydrogens is 468 g/mol. The van der Waals surface area contributed by atoms with Crippen molar-refractivity contribution in [2.75, 3.05) is 0 Å². The summed E-state index contributed by atoms with van der Waals surface area (Å²) in [6.07, 6.45) is -0.381. The summed E-state index contributed by atoms with van der Waals surface area (Å²) in [6, 6.07) is 41.4. The number of hydrogen-bond acceptors (Lipinski definition) is 4. The molecule has 2 aromatic heterocycles. The summed E-state index contributed by atoms with van der Waals surface area (Å²) in [5.74, 6) is 1.50. The molecule has 1 atom stereocenters. The molecule has 3 heterocycles. The molecule has 0 fully saturated rings. The molecule has 8 rings (SSSR count).